The summed E-state index contributed by atoms with van der Waals surface area (Å²) >= 11 is 1.12. The molecule has 8 heteroatoms. The number of likely N-dealkylation sites (tertiary alicyclic amines) is 1. The van der Waals surface area contributed by atoms with E-state index >= 15 is 0 Å². The number of anilines is 1. The average molecular weight is 447 g/mol. The van der Waals surface area contributed by atoms with Crippen LogP contribution in [0.4, 0.5) is 19.0 Å². The summed E-state index contributed by atoms with van der Waals surface area (Å²) < 4.78 is 38.6. The molecule has 2 fully saturated rings. The minimum atomic E-state index is -4.21. The number of halogens is 3. The third-order valence-corrected chi connectivity index (χ3v) is 7.50. The lowest BCUT2D eigenvalue weighted by atomic mass is 9.79. The lowest BCUT2D eigenvalue weighted by molar-refractivity contribution is -0.126. The molecule has 5 rings (SSSR count). The summed E-state index contributed by atoms with van der Waals surface area (Å²) in [4.78, 5) is 14.5. The van der Waals surface area contributed by atoms with Gasteiger partial charge in [-0.1, -0.05) is 30.3 Å². The van der Waals surface area contributed by atoms with Crippen LogP contribution in [0.5, 0.6) is 0 Å². The van der Waals surface area contributed by atoms with Gasteiger partial charge in [-0.2, -0.15) is 13.2 Å². The maximum absolute atomic E-state index is 12.9. The minimum absolute atomic E-state index is 0.217. The van der Waals surface area contributed by atoms with Crippen molar-refractivity contribution in [3.05, 3.63) is 53.2 Å². The first-order valence-electron chi connectivity index (χ1n) is 10.7. The maximum atomic E-state index is 12.9. The van der Waals surface area contributed by atoms with E-state index < -0.39 is 12.6 Å². The second kappa shape index (κ2) is 8.06. The van der Waals surface area contributed by atoms with E-state index in [0.29, 0.717) is 9.71 Å². The first kappa shape index (κ1) is 20.7. The fraction of sp³-hybridized carbons (Fsp3) is 0.478. The van der Waals surface area contributed by atoms with Gasteiger partial charge >= 0.3 is 6.18 Å². The number of aromatic nitrogens is 2. The van der Waals surface area contributed by atoms with Crippen molar-refractivity contribution in [3.8, 4) is 0 Å². The Labute approximate surface area is 183 Å². The van der Waals surface area contributed by atoms with E-state index in [2.05, 4.69) is 44.0 Å². The molecule has 2 saturated heterocycles. The molecule has 4 heterocycles. The molecule has 0 bridgehead atoms. The number of hydrogen-bond acceptors (Lipinski definition) is 5. The molecule has 0 saturated carbocycles. The van der Waals surface area contributed by atoms with E-state index in [1.54, 1.807) is 6.07 Å². The molecule has 0 N–H and O–H groups in total. The average Bonchev–Trinajstić information content (AvgIpc) is 3.30. The van der Waals surface area contributed by atoms with Crippen molar-refractivity contribution in [1.29, 1.82) is 0 Å². The summed E-state index contributed by atoms with van der Waals surface area (Å²) in [5.74, 6) is 0.787. The Kier molecular flexibility index (Phi) is 5.38. The first-order valence-corrected chi connectivity index (χ1v) is 11.5. The van der Waals surface area contributed by atoms with E-state index in [1.807, 2.05) is 6.07 Å². The molecule has 0 radical (unpaired) electrons. The molecule has 2 aliphatic rings. The molecular weight excluding hydrogens is 421 g/mol. The molecule has 1 spiro atoms. The van der Waals surface area contributed by atoms with Crippen LogP contribution in [0, 0.1) is 5.41 Å². The van der Waals surface area contributed by atoms with Crippen LogP contribution < -0.4 is 4.90 Å². The number of benzene rings is 1. The van der Waals surface area contributed by atoms with Crippen LogP contribution in [0.3, 0.4) is 0 Å². The van der Waals surface area contributed by atoms with E-state index in [9.17, 15) is 13.2 Å². The zero-order chi connectivity index (χ0) is 21.5. The third kappa shape index (κ3) is 4.55. The highest BCUT2D eigenvalue weighted by molar-refractivity contribution is 7.18. The first-order chi connectivity index (χ1) is 14.9. The van der Waals surface area contributed by atoms with Crippen molar-refractivity contribution in [2.45, 2.75) is 38.4 Å². The topological polar surface area (TPSA) is 32.3 Å². The third-order valence-electron chi connectivity index (χ3n) is 6.46. The van der Waals surface area contributed by atoms with Crippen LogP contribution in [0.15, 0.2) is 42.7 Å². The summed E-state index contributed by atoms with van der Waals surface area (Å²) in [6, 6.07) is 12.2. The van der Waals surface area contributed by atoms with Crippen LogP contribution in [0.1, 0.15) is 29.7 Å². The molecule has 2 aliphatic heterocycles. The Bertz CT molecular complexity index is 1050. The van der Waals surface area contributed by atoms with Crippen molar-refractivity contribution < 1.29 is 13.2 Å². The summed E-state index contributed by atoms with van der Waals surface area (Å²) in [6.07, 6.45) is -0.228. The number of fused-ring (bicyclic) bond motifs is 1. The number of piperidine rings is 1. The number of thiophene rings is 1. The van der Waals surface area contributed by atoms with Crippen molar-refractivity contribution in [3.63, 3.8) is 0 Å². The summed E-state index contributed by atoms with van der Waals surface area (Å²) in [5, 5.41) is 0.753. The predicted molar refractivity (Wildman–Crippen MR) is 117 cm³/mol. The smallest absolute Gasteiger partial charge is 0.355 e. The molecule has 0 aliphatic carbocycles. The van der Waals surface area contributed by atoms with Gasteiger partial charge in [0.1, 0.15) is 17.0 Å². The summed E-state index contributed by atoms with van der Waals surface area (Å²) in [5.41, 5.74) is 1.55. The second-order valence-electron chi connectivity index (χ2n) is 8.89. The van der Waals surface area contributed by atoms with Gasteiger partial charge in [-0.25, -0.2) is 9.97 Å². The summed E-state index contributed by atoms with van der Waals surface area (Å²) in [6.45, 7) is 4.88. The number of hydrogen-bond donors (Lipinski definition) is 0. The lowest BCUT2D eigenvalue weighted by Gasteiger charge is -2.41. The van der Waals surface area contributed by atoms with Gasteiger partial charge in [0.15, 0.2) is 0 Å². The maximum Gasteiger partial charge on any atom is 0.393 e. The largest absolute Gasteiger partial charge is 0.393 e. The van der Waals surface area contributed by atoms with E-state index in [0.717, 1.165) is 68.1 Å². The van der Waals surface area contributed by atoms with Crippen LogP contribution in [0.25, 0.3) is 10.2 Å². The molecule has 3 aromatic rings. The Hall–Kier alpha value is -2.19. The zero-order valence-corrected chi connectivity index (χ0v) is 18.1. The number of rotatable bonds is 4. The standard InChI is InChI=1S/C23H25F3N4S/c24-23(25,26)12-18-11-19-20(27-16-28-21(19)31-18)30-9-4-7-22(15-30)8-10-29(14-22)13-17-5-2-1-3-6-17/h1-3,5-6,11,16H,4,7-10,12-15H2/t22-/m0/s1. The van der Waals surface area contributed by atoms with Crippen molar-refractivity contribution in [2.24, 2.45) is 5.41 Å². The molecule has 1 aromatic carbocycles. The van der Waals surface area contributed by atoms with Crippen LogP contribution in [-0.2, 0) is 13.0 Å². The molecule has 2 aromatic heterocycles. The van der Waals surface area contributed by atoms with Gasteiger partial charge in [0.05, 0.1) is 11.8 Å². The highest BCUT2D eigenvalue weighted by Gasteiger charge is 2.42. The van der Waals surface area contributed by atoms with Crippen LogP contribution >= 0.6 is 11.3 Å². The number of nitrogens with zero attached hydrogens (tertiary/aromatic N) is 4. The van der Waals surface area contributed by atoms with Gasteiger partial charge in [-0.3, -0.25) is 4.90 Å². The lowest BCUT2D eigenvalue weighted by Crippen LogP contribution is -2.45. The Morgan fingerprint density at radius 1 is 1.03 bits per heavy atom. The van der Waals surface area contributed by atoms with Gasteiger partial charge in [-0.05, 0) is 37.4 Å². The second-order valence-corrected chi connectivity index (χ2v) is 10.0. The van der Waals surface area contributed by atoms with Gasteiger partial charge < -0.3 is 4.90 Å². The highest BCUT2D eigenvalue weighted by Crippen LogP contribution is 2.42. The molecule has 0 amide bonds. The fourth-order valence-electron chi connectivity index (χ4n) is 5.16. The zero-order valence-electron chi connectivity index (χ0n) is 17.2. The molecule has 31 heavy (non-hydrogen) atoms. The van der Waals surface area contributed by atoms with Gasteiger partial charge in [0.2, 0.25) is 0 Å². The normalized spacial score (nSPS) is 22.6. The van der Waals surface area contributed by atoms with Gasteiger partial charge in [0, 0.05) is 36.5 Å². The van der Waals surface area contributed by atoms with Gasteiger partial charge in [0.25, 0.3) is 0 Å². The molecule has 0 unspecified atom stereocenters. The quantitative estimate of drug-likeness (QED) is 0.545. The van der Waals surface area contributed by atoms with E-state index in [-0.39, 0.29) is 5.41 Å². The van der Waals surface area contributed by atoms with E-state index in [4.69, 9.17) is 0 Å². The van der Waals surface area contributed by atoms with Crippen LogP contribution in [-0.4, -0.2) is 47.2 Å². The van der Waals surface area contributed by atoms with E-state index in [1.165, 1.54) is 18.3 Å². The Balaban J connectivity index is 1.34. The van der Waals surface area contributed by atoms with Crippen molar-refractivity contribution in [1.82, 2.24) is 14.9 Å². The molecular formula is C23H25F3N4S. The summed E-state index contributed by atoms with van der Waals surface area (Å²) in [7, 11) is 0. The molecule has 4 nitrogen and oxygen atoms in total. The van der Waals surface area contributed by atoms with Crippen LogP contribution in [0.2, 0.25) is 0 Å². The number of alkyl halides is 3. The van der Waals surface area contributed by atoms with Gasteiger partial charge in [-0.15, -0.1) is 11.3 Å². The molecule has 1 atom stereocenters. The monoisotopic (exact) mass is 446 g/mol. The fourth-order valence-corrected chi connectivity index (χ4v) is 6.18. The Morgan fingerprint density at radius 3 is 2.68 bits per heavy atom. The molecule has 164 valence electrons. The Morgan fingerprint density at radius 2 is 1.87 bits per heavy atom. The highest BCUT2D eigenvalue weighted by atomic mass is 32.1. The minimum Gasteiger partial charge on any atom is -0.355 e. The SMILES string of the molecule is FC(F)(F)Cc1cc2c(N3CCC[C@@]4(CCN(Cc5ccccc5)C4)C3)ncnc2s1. The van der Waals surface area contributed by atoms with Crippen molar-refractivity contribution in [2.75, 3.05) is 31.1 Å². The predicted octanol–water partition coefficient (Wildman–Crippen LogP) is 5.29. The van der Waals surface area contributed by atoms with Crippen molar-refractivity contribution >= 4 is 27.4 Å².